The van der Waals surface area contributed by atoms with Crippen molar-refractivity contribution >= 4 is 11.5 Å². The molecule has 1 unspecified atom stereocenters. The lowest BCUT2D eigenvalue weighted by molar-refractivity contribution is 0.281. The summed E-state index contributed by atoms with van der Waals surface area (Å²) in [5.74, 6) is 5.45. The fourth-order valence-corrected chi connectivity index (χ4v) is 1.90. The van der Waals surface area contributed by atoms with Crippen molar-refractivity contribution in [2.45, 2.75) is 12.5 Å². The number of rotatable bonds is 3. The average molecular weight is 198 g/mol. The molecule has 0 fully saturated rings. The molecule has 0 amide bonds. The zero-order valence-corrected chi connectivity index (χ0v) is 7.75. The first kappa shape index (κ1) is 8.61. The summed E-state index contributed by atoms with van der Waals surface area (Å²) in [6.07, 6.45) is 4.38. The molecule has 1 aromatic heterocycles. The summed E-state index contributed by atoms with van der Waals surface area (Å²) < 4.78 is 8.93. The van der Waals surface area contributed by atoms with Crippen LogP contribution in [-0.4, -0.2) is 16.2 Å². The molecule has 3 N–H and O–H groups in total. The van der Waals surface area contributed by atoms with E-state index < -0.39 is 0 Å². The lowest BCUT2D eigenvalue weighted by Gasteiger charge is -2.12. The van der Waals surface area contributed by atoms with E-state index in [0.717, 1.165) is 23.5 Å². The fourth-order valence-electron chi connectivity index (χ4n) is 1.29. The number of hydrogen-bond donors (Lipinski definition) is 2. The number of ether oxygens (including phenoxy) is 1. The second-order valence-electron chi connectivity index (χ2n) is 2.73. The van der Waals surface area contributed by atoms with Crippen LogP contribution in [0, 0.1) is 0 Å². The van der Waals surface area contributed by atoms with Gasteiger partial charge in [0.2, 0.25) is 0 Å². The highest BCUT2D eigenvalue weighted by Crippen LogP contribution is 2.27. The van der Waals surface area contributed by atoms with Gasteiger partial charge in [0.15, 0.2) is 0 Å². The van der Waals surface area contributed by atoms with Crippen molar-refractivity contribution < 1.29 is 4.74 Å². The van der Waals surface area contributed by atoms with E-state index in [1.165, 1.54) is 11.5 Å². The molecular weight excluding hydrogens is 188 g/mol. The summed E-state index contributed by atoms with van der Waals surface area (Å²) in [6, 6.07) is 0.00231. The molecule has 1 aliphatic rings. The van der Waals surface area contributed by atoms with Crippen LogP contribution in [0.1, 0.15) is 17.3 Å². The van der Waals surface area contributed by atoms with Crippen molar-refractivity contribution in [1.82, 2.24) is 15.0 Å². The molecule has 0 saturated carbocycles. The largest absolute Gasteiger partial charge is 0.501 e. The third-order valence-corrected chi connectivity index (χ3v) is 2.67. The topological polar surface area (TPSA) is 73.1 Å². The molecule has 1 aromatic rings. The second kappa shape index (κ2) is 3.82. The minimum Gasteiger partial charge on any atom is -0.501 e. The molecule has 2 heterocycles. The average Bonchev–Trinajstić information content (AvgIpc) is 2.76. The Kier molecular flexibility index (Phi) is 2.53. The molecule has 0 saturated heterocycles. The van der Waals surface area contributed by atoms with Gasteiger partial charge in [-0.1, -0.05) is 4.49 Å². The van der Waals surface area contributed by atoms with Gasteiger partial charge in [0, 0.05) is 6.42 Å². The molecule has 6 heteroatoms. The zero-order valence-electron chi connectivity index (χ0n) is 6.93. The standard InChI is InChI=1S/C7H10N4OS/c8-10-7(5-1-2-12-4-5)6-3-9-11-13-6/h3-4,7,10H,1-2,8H2. The first-order valence-electron chi connectivity index (χ1n) is 3.95. The van der Waals surface area contributed by atoms with Crippen molar-refractivity contribution in [2.75, 3.05) is 6.61 Å². The Morgan fingerprint density at radius 1 is 1.69 bits per heavy atom. The van der Waals surface area contributed by atoms with Crippen molar-refractivity contribution in [2.24, 2.45) is 5.84 Å². The molecule has 1 atom stereocenters. The van der Waals surface area contributed by atoms with Crippen LogP contribution >= 0.6 is 11.5 Å². The van der Waals surface area contributed by atoms with Crippen LogP contribution in [0.25, 0.3) is 0 Å². The lowest BCUT2D eigenvalue weighted by Crippen LogP contribution is -2.28. The Morgan fingerprint density at radius 2 is 2.62 bits per heavy atom. The molecule has 70 valence electrons. The number of nitrogens with zero attached hydrogens (tertiary/aromatic N) is 2. The van der Waals surface area contributed by atoms with Gasteiger partial charge in [0.1, 0.15) is 0 Å². The van der Waals surface area contributed by atoms with E-state index in [1.54, 1.807) is 12.5 Å². The molecule has 0 aromatic carbocycles. The third kappa shape index (κ3) is 1.69. The lowest BCUT2D eigenvalue weighted by atomic mass is 10.1. The molecule has 2 rings (SSSR count). The first-order valence-corrected chi connectivity index (χ1v) is 4.73. The normalized spacial score (nSPS) is 18.1. The van der Waals surface area contributed by atoms with Gasteiger partial charge in [0.05, 0.1) is 30.0 Å². The van der Waals surface area contributed by atoms with E-state index in [9.17, 15) is 0 Å². The van der Waals surface area contributed by atoms with Gasteiger partial charge in [-0.15, -0.1) is 5.10 Å². The maximum Gasteiger partial charge on any atom is 0.0912 e. The number of hydrazine groups is 1. The smallest absolute Gasteiger partial charge is 0.0912 e. The van der Waals surface area contributed by atoms with Crippen LogP contribution in [-0.2, 0) is 4.74 Å². The van der Waals surface area contributed by atoms with Crippen LogP contribution < -0.4 is 11.3 Å². The van der Waals surface area contributed by atoms with Gasteiger partial charge < -0.3 is 4.74 Å². The Labute approximate surface area is 79.7 Å². The Hall–Kier alpha value is -0.980. The second-order valence-corrected chi connectivity index (χ2v) is 3.55. The Balaban J connectivity index is 2.18. The van der Waals surface area contributed by atoms with Gasteiger partial charge >= 0.3 is 0 Å². The van der Waals surface area contributed by atoms with Gasteiger partial charge in [0.25, 0.3) is 0 Å². The molecule has 0 spiro atoms. The van der Waals surface area contributed by atoms with E-state index in [0.29, 0.717) is 0 Å². The van der Waals surface area contributed by atoms with Crippen LogP contribution in [0.4, 0.5) is 0 Å². The van der Waals surface area contributed by atoms with E-state index >= 15 is 0 Å². The monoisotopic (exact) mass is 198 g/mol. The summed E-state index contributed by atoms with van der Waals surface area (Å²) >= 11 is 1.34. The molecule has 1 aliphatic heterocycles. The number of aromatic nitrogens is 2. The SMILES string of the molecule is NNC(C1=COCC1)c1cnns1. The van der Waals surface area contributed by atoms with Crippen LogP contribution in [0.15, 0.2) is 18.0 Å². The highest BCUT2D eigenvalue weighted by atomic mass is 32.1. The number of hydrogen-bond acceptors (Lipinski definition) is 6. The van der Waals surface area contributed by atoms with Crippen LogP contribution in [0.5, 0.6) is 0 Å². The van der Waals surface area contributed by atoms with E-state index in [1.807, 2.05) is 0 Å². The zero-order chi connectivity index (χ0) is 9.10. The number of nitrogens with two attached hydrogens (primary N) is 1. The summed E-state index contributed by atoms with van der Waals surface area (Å²) in [4.78, 5) is 1.01. The van der Waals surface area contributed by atoms with E-state index in [4.69, 9.17) is 10.6 Å². The van der Waals surface area contributed by atoms with Crippen molar-refractivity contribution in [3.63, 3.8) is 0 Å². The fraction of sp³-hybridized carbons (Fsp3) is 0.429. The highest BCUT2D eigenvalue weighted by Gasteiger charge is 2.20. The quantitative estimate of drug-likeness (QED) is 0.541. The minimum atomic E-state index is 0.00231. The van der Waals surface area contributed by atoms with Gasteiger partial charge in [-0.05, 0) is 17.1 Å². The summed E-state index contributed by atoms with van der Waals surface area (Å²) in [5.41, 5.74) is 3.88. The Morgan fingerprint density at radius 3 is 3.15 bits per heavy atom. The maximum atomic E-state index is 5.45. The predicted molar refractivity (Wildman–Crippen MR) is 48.6 cm³/mol. The summed E-state index contributed by atoms with van der Waals surface area (Å²) in [5, 5.41) is 3.77. The maximum absolute atomic E-state index is 5.45. The van der Waals surface area contributed by atoms with Crippen molar-refractivity contribution in [3.8, 4) is 0 Å². The van der Waals surface area contributed by atoms with Crippen molar-refractivity contribution in [1.29, 1.82) is 0 Å². The highest BCUT2D eigenvalue weighted by molar-refractivity contribution is 7.05. The molecule has 0 aliphatic carbocycles. The molecule has 0 radical (unpaired) electrons. The predicted octanol–water partition coefficient (Wildman–Crippen LogP) is 0.347. The van der Waals surface area contributed by atoms with Crippen LogP contribution in [0.2, 0.25) is 0 Å². The summed E-state index contributed by atoms with van der Waals surface area (Å²) in [7, 11) is 0. The van der Waals surface area contributed by atoms with Gasteiger partial charge in [-0.2, -0.15) is 0 Å². The number of nitrogens with one attached hydrogen (secondary N) is 1. The molecule has 5 nitrogen and oxygen atoms in total. The minimum absolute atomic E-state index is 0.00231. The van der Waals surface area contributed by atoms with Gasteiger partial charge in [-0.25, -0.2) is 5.43 Å². The third-order valence-electron chi connectivity index (χ3n) is 1.94. The van der Waals surface area contributed by atoms with E-state index in [2.05, 4.69) is 15.0 Å². The van der Waals surface area contributed by atoms with Crippen LogP contribution in [0.3, 0.4) is 0 Å². The molecular formula is C7H10N4OS. The Bertz CT molecular complexity index is 297. The molecule has 13 heavy (non-hydrogen) atoms. The first-order chi connectivity index (χ1) is 6.42. The summed E-state index contributed by atoms with van der Waals surface area (Å²) in [6.45, 7) is 0.736. The van der Waals surface area contributed by atoms with Gasteiger partial charge in [-0.3, -0.25) is 5.84 Å². The molecule has 0 bridgehead atoms. The van der Waals surface area contributed by atoms with Crippen molar-refractivity contribution in [3.05, 3.63) is 22.9 Å². The van der Waals surface area contributed by atoms with E-state index in [-0.39, 0.29) is 6.04 Å².